The van der Waals surface area contributed by atoms with Gasteiger partial charge < -0.3 is 5.32 Å². The molecule has 1 aliphatic carbocycles. The molecule has 0 spiro atoms. The molecule has 0 saturated heterocycles. The van der Waals surface area contributed by atoms with Crippen LogP contribution in [0, 0.1) is 0 Å². The predicted molar refractivity (Wildman–Crippen MR) is 72.9 cm³/mol. The number of hydrogen-bond acceptors (Lipinski definition) is 4. The molecule has 0 aromatic carbocycles. The first-order valence-electron chi connectivity index (χ1n) is 6.08. The zero-order chi connectivity index (χ0) is 12.5. The minimum absolute atomic E-state index is 0.394. The molecular weight excluding hydrogens is 268 g/mol. The van der Waals surface area contributed by atoms with Crippen molar-refractivity contribution in [3.63, 3.8) is 0 Å². The molecule has 0 amide bonds. The quantitative estimate of drug-likeness (QED) is 0.941. The van der Waals surface area contributed by atoms with Gasteiger partial charge in [-0.2, -0.15) is 5.10 Å². The lowest BCUT2D eigenvalue weighted by molar-refractivity contribution is 0.451. The van der Waals surface area contributed by atoms with Crippen molar-refractivity contribution in [3.8, 4) is 0 Å². The maximum atomic E-state index is 5.88. The van der Waals surface area contributed by atoms with E-state index in [1.165, 1.54) is 29.0 Å². The van der Waals surface area contributed by atoms with E-state index in [4.69, 9.17) is 11.6 Å². The van der Waals surface area contributed by atoms with Gasteiger partial charge >= 0.3 is 0 Å². The van der Waals surface area contributed by atoms with Crippen molar-refractivity contribution >= 4 is 22.9 Å². The summed E-state index contributed by atoms with van der Waals surface area (Å²) in [6.07, 6.45) is 7.20. The van der Waals surface area contributed by atoms with Gasteiger partial charge in [0.25, 0.3) is 0 Å². The molecule has 2 aromatic heterocycles. The predicted octanol–water partition coefficient (Wildman–Crippen LogP) is 2.70. The van der Waals surface area contributed by atoms with Gasteiger partial charge in [-0.05, 0) is 19.3 Å². The number of nitrogens with one attached hydrogen (secondary N) is 1. The molecule has 6 heteroatoms. The summed E-state index contributed by atoms with van der Waals surface area (Å²) < 4.78 is 2.74. The summed E-state index contributed by atoms with van der Waals surface area (Å²) in [5, 5.41) is 8.94. The SMILES string of the molecule is Cn1ncc2c1CCCC2NCc1ncc(Cl)s1. The van der Waals surface area contributed by atoms with Crippen molar-refractivity contribution < 1.29 is 0 Å². The highest BCUT2D eigenvalue weighted by molar-refractivity contribution is 7.15. The summed E-state index contributed by atoms with van der Waals surface area (Å²) in [5.74, 6) is 0. The normalized spacial score (nSPS) is 18.9. The van der Waals surface area contributed by atoms with Crippen molar-refractivity contribution in [1.29, 1.82) is 0 Å². The summed E-state index contributed by atoms with van der Waals surface area (Å²) in [6, 6.07) is 0.394. The molecule has 1 N–H and O–H groups in total. The lowest BCUT2D eigenvalue weighted by Crippen LogP contribution is -2.24. The van der Waals surface area contributed by atoms with Crippen LogP contribution in [-0.4, -0.2) is 14.8 Å². The van der Waals surface area contributed by atoms with Crippen molar-refractivity contribution in [1.82, 2.24) is 20.1 Å². The smallest absolute Gasteiger partial charge is 0.113 e. The maximum absolute atomic E-state index is 5.88. The zero-order valence-corrected chi connectivity index (χ0v) is 11.8. The van der Waals surface area contributed by atoms with Crippen LogP contribution in [0.3, 0.4) is 0 Å². The molecule has 96 valence electrons. The van der Waals surface area contributed by atoms with Gasteiger partial charge in [-0.15, -0.1) is 11.3 Å². The van der Waals surface area contributed by atoms with Crippen LogP contribution in [0.15, 0.2) is 12.4 Å². The van der Waals surface area contributed by atoms with Crippen LogP contribution in [0.2, 0.25) is 4.34 Å². The van der Waals surface area contributed by atoms with Crippen molar-refractivity contribution in [2.45, 2.75) is 31.8 Å². The fourth-order valence-corrected chi connectivity index (χ4v) is 3.41. The van der Waals surface area contributed by atoms with E-state index < -0.39 is 0 Å². The molecule has 2 heterocycles. The van der Waals surface area contributed by atoms with Crippen LogP contribution in [0.4, 0.5) is 0 Å². The van der Waals surface area contributed by atoms with Crippen LogP contribution in [-0.2, 0) is 20.0 Å². The van der Waals surface area contributed by atoms with E-state index in [9.17, 15) is 0 Å². The van der Waals surface area contributed by atoms with Crippen LogP contribution >= 0.6 is 22.9 Å². The zero-order valence-electron chi connectivity index (χ0n) is 10.2. The van der Waals surface area contributed by atoms with Crippen LogP contribution in [0.5, 0.6) is 0 Å². The van der Waals surface area contributed by atoms with Gasteiger partial charge in [-0.25, -0.2) is 4.98 Å². The van der Waals surface area contributed by atoms with E-state index in [0.717, 1.165) is 28.7 Å². The highest BCUT2D eigenvalue weighted by Crippen LogP contribution is 2.29. The third kappa shape index (κ3) is 2.30. The van der Waals surface area contributed by atoms with Crippen LogP contribution in [0.1, 0.15) is 35.1 Å². The molecule has 0 saturated carbocycles. The standard InChI is InChI=1S/C12H15ClN4S/c1-17-10-4-2-3-9(8(10)5-16-17)14-7-12-15-6-11(13)18-12/h5-6,9,14H,2-4,7H2,1H3. The summed E-state index contributed by atoms with van der Waals surface area (Å²) >= 11 is 7.42. The van der Waals surface area contributed by atoms with Gasteiger partial charge in [0.2, 0.25) is 0 Å². The maximum Gasteiger partial charge on any atom is 0.113 e. The highest BCUT2D eigenvalue weighted by Gasteiger charge is 2.23. The number of hydrogen-bond donors (Lipinski definition) is 1. The molecule has 4 nitrogen and oxygen atoms in total. The van der Waals surface area contributed by atoms with Crippen molar-refractivity contribution in [3.05, 3.63) is 33.0 Å². The average Bonchev–Trinajstić information content (AvgIpc) is 2.94. The molecule has 1 aliphatic rings. The van der Waals surface area contributed by atoms with E-state index >= 15 is 0 Å². The van der Waals surface area contributed by atoms with E-state index in [-0.39, 0.29) is 0 Å². The highest BCUT2D eigenvalue weighted by atomic mass is 35.5. The molecule has 1 atom stereocenters. The number of rotatable bonds is 3. The Balaban J connectivity index is 1.71. The third-order valence-electron chi connectivity index (χ3n) is 3.40. The number of halogens is 1. The molecule has 0 radical (unpaired) electrons. The Labute approximate surface area is 115 Å². The molecule has 3 rings (SSSR count). The summed E-state index contributed by atoms with van der Waals surface area (Å²) in [6.45, 7) is 0.774. The summed E-state index contributed by atoms with van der Waals surface area (Å²) in [4.78, 5) is 4.26. The summed E-state index contributed by atoms with van der Waals surface area (Å²) in [7, 11) is 2.02. The Bertz CT molecular complexity index is 548. The van der Waals surface area contributed by atoms with E-state index in [1.807, 2.05) is 17.9 Å². The monoisotopic (exact) mass is 282 g/mol. The number of nitrogens with zero attached hydrogens (tertiary/aromatic N) is 3. The molecule has 1 unspecified atom stereocenters. The lowest BCUT2D eigenvalue weighted by atomic mass is 9.93. The minimum atomic E-state index is 0.394. The Morgan fingerprint density at radius 3 is 3.22 bits per heavy atom. The second-order valence-corrected chi connectivity index (χ2v) is 6.30. The fourth-order valence-electron chi connectivity index (χ4n) is 2.50. The van der Waals surface area contributed by atoms with Gasteiger partial charge in [0, 0.05) is 30.9 Å². The third-order valence-corrected chi connectivity index (χ3v) is 4.52. The first-order chi connectivity index (χ1) is 8.74. The Morgan fingerprint density at radius 2 is 2.44 bits per heavy atom. The topological polar surface area (TPSA) is 42.7 Å². The van der Waals surface area contributed by atoms with Crippen molar-refractivity contribution in [2.24, 2.45) is 7.05 Å². The molecule has 2 aromatic rings. The average molecular weight is 283 g/mol. The summed E-state index contributed by atoms with van der Waals surface area (Å²) in [5.41, 5.74) is 2.70. The van der Waals surface area contributed by atoms with Crippen LogP contribution < -0.4 is 5.32 Å². The molecule has 0 bridgehead atoms. The number of fused-ring (bicyclic) bond motifs is 1. The lowest BCUT2D eigenvalue weighted by Gasteiger charge is -2.23. The van der Waals surface area contributed by atoms with Gasteiger partial charge in [-0.1, -0.05) is 11.6 Å². The second-order valence-electron chi connectivity index (χ2n) is 4.55. The fraction of sp³-hybridized carbons (Fsp3) is 0.500. The van der Waals surface area contributed by atoms with Gasteiger partial charge in [0.1, 0.15) is 9.34 Å². The Morgan fingerprint density at radius 1 is 1.56 bits per heavy atom. The van der Waals surface area contributed by atoms with Crippen molar-refractivity contribution in [2.75, 3.05) is 0 Å². The second kappa shape index (κ2) is 4.99. The first kappa shape index (κ1) is 12.1. The number of aryl methyl sites for hydroxylation is 1. The molecule has 0 aliphatic heterocycles. The van der Waals surface area contributed by atoms with E-state index in [2.05, 4.69) is 15.4 Å². The first-order valence-corrected chi connectivity index (χ1v) is 7.28. The molecular formula is C12H15ClN4S. The Kier molecular flexibility index (Phi) is 3.37. The number of thiazole rings is 1. The van der Waals surface area contributed by atoms with E-state index in [0.29, 0.717) is 6.04 Å². The van der Waals surface area contributed by atoms with E-state index in [1.54, 1.807) is 6.20 Å². The number of aromatic nitrogens is 3. The van der Waals surface area contributed by atoms with Crippen LogP contribution in [0.25, 0.3) is 0 Å². The van der Waals surface area contributed by atoms with Gasteiger partial charge in [0.05, 0.1) is 12.4 Å². The van der Waals surface area contributed by atoms with Gasteiger partial charge in [0.15, 0.2) is 0 Å². The Hall–Kier alpha value is -0.910. The molecule has 0 fully saturated rings. The largest absolute Gasteiger partial charge is 0.303 e. The minimum Gasteiger partial charge on any atom is -0.303 e. The molecule has 18 heavy (non-hydrogen) atoms. The van der Waals surface area contributed by atoms with Gasteiger partial charge in [-0.3, -0.25) is 4.68 Å².